The van der Waals surface area contributed by atoms with Gasteiger partial charge < -0.3 is 5.11 Å². The fourth-order valence-corrected chi connectivity index (χ4v) is 3.18. The van der Waals surface area contributed by atoms with E-state index in [0.29, 0.717) is 0 Å². The first-order chi connectivity index (χ1) is 8.22. The van der Waals surface area contributed by atoms with Crippen molar-refractivity contribution >= 4 is 0 Å². The molecule has 1 fully saturated rings. The minimum absolute atomic E-state index is 0.278. The lowest BCUT2D eigenvalue weighted by Gasteiger charge is -2.38. The van der Waals surface area contributed by atoms with Gasteiger partial charge in [-0.1, -0.05) is 44.2 Å². The van der Waals surface area contributed by atoms with Crippen molar-refractivity contribution in [3.05, 3.63) is 35.9 Å². The summed E-state index contributed by atoms with van der Waals surface area (Å²) in [7, 11) is 0. The summed E-state index contributed by atoms with van der Waals surface area (Å²) >= 11 is 0. The highest BCUT2D eigenvalue weighted by molar-refractivity contribution is 5.26. The van der Waals surface area contributed by atoms with Crippen LogP contribution in [0, 0.1) is 0 Å². The molecule has 0 radical (unpaired) electrons. The maximum Gasteiger partial charge on any atom is 0.105 e. The number of likely N-dealkylation sites (N-methyl/N-ethyl adjacent to an activating group) is 1. The van der Waals surface area contributed by atoms with Crippen molar-refractivity contribution < 1.29 is 5.11 Å². The zero-order valence-electron chi connectivity index (χ0n) is 10.9. The Morgan fingerprint density at radius 2 is 1.88 bits per heavy atom. The summed E-state index contributed by atoms with van der Waals surface area (Å²) in [5.74, 6) is 0. The first-order valence-electron chi connectivity index (χ1n) is 6.74. The van der Waals surface area contributed by atoms with Gasteiger partial charge in [-0.2, -0.15) is 0 Å². The molecule has 0 aromatic heterocycles. The van der Waals surface area contributed by atoms with Crippen molar-refractivity contribution in [2.24, 2.45) is 0 Å². The van der Waals surface area contributed by atoms with Crippen molar-refractivity contribution in [3.63, 3.8) is 0 Å². The molecule has 94 valence electrons. The van der Waals surface area contributed by atoms with E-state index in [9.17, 15) is 5.11 Å². The monoisotopic (exact) mass is 233 g/mol. The summed E-state index contributed by atoms with van der Waals surface area (Å²) in [6.45, 7) is 6.37. The third-order valence-electron chi connectivity index (χ3n) is 4.11. The summed E-state index contributed by atoms with van der Waals surface area (Å²) in [6, 6.07) is 10.4. The Bertz CT molecular complexity index is 347. The Balaban J connectivity index is 2.29. The van der Waals surface area contributed by atoms with Gasteiger partial charge in [0, 0.05) is 6.04 Å². The van der Waals surface area contributed by atoms with E-state index in [2.05, 4.69) is 30.9 Å². The number of benzene rings is 1. The molecule has 2 nitrogen and oxygen atoms in total. The molecule has 0 spiro atoms. The Labute approximate surface area is 104 Å². The second-order valence-corrected chi connectivity index (χ2v) is 4.92. The van der Waals surface area contributed by atoms with E-state index in [0.717, 1.165) is 37.9 Å². The Kier molecular flexibility index (Phi) is 3.85. The van der Waals surface area contributed by atoms with Crippen molar-refractivity contribution in [1.29, 1.82) is 0 Å². The topological polar surface area (TPSA) is 23.5 Å². The lowest BCUT2D eigenvalue weighted by Crippen LogP contribution is -2.47. The molecule has 1 saturated carbocycles. The summed E-state index contributed by atoms with van der Waals surface area (Å²) in [5.41, 5.74) is 0.433. The van der Waals surface area contributed by atoms with Gasteiger partial charge in [-0.15, -0.1) is 0 Å². The van der Waals surface area contributed by atoms with Crippen molar-refractivity contribution in [1.82, 2.24) is 4.90 Å². The maximum atomic E-state index is 11.0. The number of rotatable bonds is 4. The minimum Gasteiger partial charge on any atom is -0.384 e. The van der Waals surface area contributed by atoms with Gasteiger partial charge in [-0.3, -0.25) is 4.90 Å². The molecular formula is C15H23NO. The Hall–Kier alpha value is -0.860. The molecule has 0 heterocycles. The number of aliphatic hydroxyl groups is 1. The van der Waals surface area contributed by atoms with Crippen LogP contribution in [0.1, 0.15) is 38.7 Å². The third kappa shape index (κ3) is 2.24. The molecule has 1 aliphatic rings. The van der Waals surface area contributed by atoms with Gasteiger partial charge in [-0.05, 0) is 37.9 Å². The van der Waals surface area contributed by atoms with E-state index in [1.807, 2.05) is 18.2 Å². The zero-order valence-corrected chi connectivity index (χ0v) is 10.9. The molecule has 1 aliphatic carbocycles. The quantitative estimate of drug-likeness (QED) is 0.864. The molecule has 2 rings (SSSR count). The van der Waals surface area contributed by atoms with Gasteiger partial charge in [0.2, 0.25) is 0 Å². The standard InChI is InChI=1S/C15H23NO/c1-3-16(4-2)14-11-8-12-15(14,17)13-9-6-5-7-10-13/h5-7,9-10,14,17H,3-4,8,11-12H2,1-2H3. The van der Waals surface area contributed by atoms with Crippen LogP contribution in [0.3, 0.4) is 0 Å². The number of hydrogen-bond donors (Lipinski definition) is 1. The summed E-state index contributed by atoms with van der Waals surface area (Å²) in [6.07, 6.45) is 3.11. The SMILES string of the molecule is CCN(CC)C1CCCC1(O)c1ccccc1. The third-order valence-corrected chi connectivity index (χ3v) is 4.11. The molecule has 0 amide bonds. The second kappa shape index (κ2) is 5.19. The predicted molar refractivity (Wildman–Crippen MR) is 70.9 cm³/mol. The van der Waals surface area contributed by atoms with E-state index < -0.39 is 5.60 Å². The fourth-order valence-electron chi connectivity index (χ4n) is 3.18. The molecule has 1 aromatic carbocycles. The first kappa shape index (κ1) is 12.6. The van der Waals surface area contributed by atoms with Crippen LogP contribution in [-0.2, 0) is 5.60 Å². The molecule has 1 N–H and O–H groups in total. The average Bonchev–Trinajstić information content (AvgIpc) is 2.76. The number of hydrogen-bond acceptors (Lipinski definition) is 2. The predicted octanol–water partition coefficient (Wildman–Crippen LogP) is 2.77. The molecule has 0 saturated heterocycles. The Morgan fingerprint density at radius 1 is 1.24 bits per heavy atom. The van der Waals surface area contributed by atoms with Crippen molar-refractivity contribution in [2.45, 2.75) is 44.8 Å². The first-order valence-corrected chi connectivity index (χ1v) is 6.74. The highest BCUT2D eigenvalue weighted by Crippen LogP contribution is 2.41. The van der Waals surface area contributed by atoms with E-state index >= 15 is 0 Å². The van der Waals surface area contributed by atoms with Crippen LogP contribution < -0.4 is 0 Å². The van der Waals surface area contributed by atoms with E-state index in [4.69, 9.17) is 0 Å². The van der Waals surface area contributed by atoms with Crippen LogP contribution in [0.5, 0.6) is 0 Å². The van der Waals surface area contributed by atoms with Crippen LogP contribution in [-0.4, -0.2) is 29.1 Å². The van der Waals surface area contributed by atoms with Gasteiger partial charge in [0.15, 0.2) is 0 Å². The summed E-state index contributed by atoms with van der Waals surface area (Å²) in [4.78, 5) is 2.39. The molecule has 2 unspecified atom stereocenters. The summed E-state index contributed by atoms with van der Waals surface area (Å²) < 4.78 is 0. The van der Waals surface area contributed by atoms with Crippen molar-refractivity contribution in [3.8, 4) is 0 Å². The highest BCUT2D eigenvalue weighted by Gasteiger charge is 2.44. The maximum absolute atomic E-state index is 11.0. The molecular weight excluding hydrogens is 210 g/mol. The van der Waals surface area contributed by atoms with Gasteiger partial charge in [0.1, 0.15) is 5.60 Å². The van der Waals surface area contributed by atoms with Crippen LogP contribution in [0.25, 0.3) is 0 Å². The minimum atomic E-state index is -0.646. The van der Waals surface area contributed by atoms with Gasteiger partial charge >= 0.3 is 0 Å². The molecule has 0 aliphatic heterocycles. The highest BCUT2D eigenvalue weighted by atomic mass is 16.3. The smallest absolute Gasteiger partial charge is 0.105 e. The molecule has 2 atom stereocenters. The largest absolute Gasteiger partial charge is 0.384 e. The second-order valence-electron chi connectivity index (χ2n) is 4.92. The average molecular weight is 233 g/mol. The molecule has 0 bridgehead atoms. The van der Waals surface area contributed by atoms with Gasteiger partial charge in [0.05, 0.1) is 0 Å². The van der Waals surface area contributed by atoms with Crippen LogP contribution in [0.4, 0.5) is 0 Å². The fraction of sp³-hybridized carbons (Fsp3) is 0.600. The molecule has 17 heavy (non-hydrogen) atoms. The zero-order chi connectivity index (χ0) is 12.3. The van der Waals surface area contributed by atoms with Gasteiger partial charge in [-0.25, -0.2) is 0 Å². The lowest BCUT2D eigenvalue weighted by atomic mass is 9.88. The summed E-state index contributed by atoms with van der Waals surface area (Å²) in [5, 5.41) is 11.0. The van der Waals surface area contributed by atoms with Crippen molar-refractivity contribution in [2.75, 3.05) is 13.1 Å². The molecule has 2 heteroatoms. The number of nitrogens with zero attached hydrogens (tertiary/aromatic N) is 1. The van der Waals surface area contributed by atoms with E-state index in [1.165, 1.54) is 0 Å². The van der Waals surface area contributed by atoms with Crippen LogP contribution in [0.2, 0.25) is 0 Å². The lowest BCUT2D eigenvalue weighted by molar-refractivity contribution is -0.0300. The normalized spacial score (nSPS) is 28.8. The van der Waals surface area contributed by atoms with Gasteiger partial charge in [0.25, 0.3) is 0 Å². The van der Waals surface area contributed by atoms with Crippen LogP contribution in [0.15, 0.2) is 30.3 Å². The van der Waals surface area contributed by atoms with Crippen LogP contribution >= 0.6 is 0 Å². The molecule has 1 aromatic rings. The van der Waals surface area contributed by atoms with E-state index in [1.54, 1.807) is 0 Å². The van der Waals surface area contributed by atoms with E-state index in [-0.39, 0.29) is 6.04 Å². The Morgan fingerprint density at radius 3 is 2.47 bits per heavy atom.